The molecule has 0 aromatic heterocycles. The van der Waals surface area contributed by atoms with Crippen LogP contribution in [0.3, 0.4) is 0 Å². The monoisotopic (exact) mass is 178 g/mol. The summed E-state index contributed by atoms with van der Waals surface area (Å²) in [4.78, 5) is 10.3. The average Bonchev–Trinajstić information content (AvgIpc) is 2.53. The third-order valence-electron chi connectivity index (χ3n) is 2.37. The molecule has 0 atom stereocenters. The molecule has 0 amide bonds. The molecule has 1 N–H and O–H groups in total. The molecule has 0 radical (unpaired) electrons. The lowest BCUT2D eigenvalue weighted by Crippen LogP contribution is -1.94. The van der Waals surface area contributed by atoms with Crippen LogP contribution in [0.15, 0.2) is 12.1 Å². The molecule has 0 aliphatic carbocycles. The van der Waals surface area contributed by atoms with Crippen LogP contribution in [0, 0.1) is 17.0 Å². The Morgan fingerprint density at radius 1 is 1.54 bits per heavy atom. The average molecular weight is 178 g/mol. The first-order valence-corrected chi connectivity index (χ1v) is 4.21. The van der Waals surface area contributed by atoms with Gasteiger partial charge < -0.3 is 5.32 Å². The molecule has 68 valence electrons. The molecule has 1 aliphatic rings. The van der Waals surface area contributed by atoms with Gasteiger partial charge in [0.05, 0.1) is 10.5 Å². The smallest absolute Gasteiger partial charge is 0.274 e. The minimum atomic E-state index is -0.314. The van der Waals surface area contributed by atoms with E-state index in [2.05, 4.69) is 5.32 Å². The lowest BCUT2D eigenvalue weighted by molar-refractivity contribution is -0.385. The number of nitro groups is 1. The van der Waals surface area contributed by atoms with Gasteiger partial charge >= 0.3 is 0 Å². The molecule has 0 unspecified atom stereocenters. The number of aryl methyl sites for hydroxylation is 1. The van der Waals surface area contributed by atoms with E-state index in [1.54, 1.807) is 12.1 Å². The molecule has 1 heterocycles. The quantitative estimate of drug-likeness (QED) is 0.527. The Labute approximate surface area is 75.7 Å². The molecule has 2 rings (SSSR count). The number of fused-ring (bicyclic) bond motifs is 1. The molecule has 1 aliphatic heterocycles. The van der Waals surface area contributed by atoms with Gasteiger partial charge in [0.25, 0.3) is 5.69 Å². The third kappa shape index (κ3) is 1.14. The van der Waals surface area contributed by atoms with Crippen molar-refractivity contribution in [2.45, 2.75) is 13.3 Å². The van der Waals surface area contributed by atoms with Crippen molar-refractivity contribution in [2.24, 2.45) is 0 Å². The Balaban J connectivity index is 2.62. The standard InChI is InChI=1S/C9H10N2O2/c1-6-2-3-8(11(12)13)7-4-5-10-9(6)7/h2-3,10H,4-5H2,1H3. The fourth-order valence-corrected chi connectivity index (χ4v) is 1.74. The summed E-state index contributed by atoms with van der Waals surface area (Å²) in [5.74, 6) is 0. The van der Waals surface area contributed by atoms with E-state index >= 15 is 0 Å². The number of nitrogens with one attached hydrogen (secondary N) is 1. The van der Waals surface area contributed by atoms with E-state index in [9.17, 15) is 10.1 Å². The highest BCUT2D eigenvalue weighted by atomic mass is 16.6. The highest BCUT2D eigenvalue weighted by Crippen LogP contribution is 2.33. The normalized spacial score (nSPS) is 13.6. The predicted octanol–water partition coefficient (Wildman–Crippen LogP) is 1.87. The topological polar surface area (TPSA) is 55.2 Å². The van der Waals surface area contributed by atoms with Gasteiger partial charge in [0, 0.05) is 18.3 Å². The second-order valence-electron chi connectivity index (χ2n) is 3.19. The largest absolute Gasteiger partial charge is 0.384 e. The number of hydrogen-bond donors (Lipinski definition) is 1. The van der Waals surface area contributed by atoms with Gasteiger partial charge in [-0.15, -0.1) is 0 Å². The first-order chi connectivity index (χ1) is 6.20. The molecule has 13 heavy (non-hydrogen) atoms. The van der Waals surface area contributed by atoms with Gasteiger partial charge in [-0.25, -0.2) is 0 Å². The van der Waals surface area contributed by atoms with E-state index in [1.807, 2.05) is 6.92 Å². The Bertz CT molecular complexity index is 374. The van der Waals surface area contributed by atoms with Crippen molar-refractivity contribution in [3.63, 3.8) is 0 Å². The Hall–Kier alpha value is -1.58. The van der Waals surface area contributed by atoms with E-state index in [0.29, 0.717) is 0 Å². The van der Waals surface area contributed by atoms with Crippen molar-refractivity contribution in [3.05, 3.63) is 33.4 Å². The number of anilines is 1. The minimum absolute atomic E-state index is 0.241. The fraction of sp³-hybridized carbons (Fsp3) is 0.333. The first kappa shape index (κ1) is 8.04. The summed E-state index contributed by atoms with van der Waals surface area (Å²) in [6.45, 7) is 2.77. The molecule has 4 nitrogen and oxygen atoms in total. The third-order valence-corrected chi connectivity index (χ3v) is 2.37. The van der Waals surface area contributed by atoms with Crippen LogP contribution in [0.2, 0.25) is 0 Å². The SMILES string of the molecule is Cc1ccc([N+](=O)[O-])c2c1NCC2. The Morgan fingerprint density at radius 3 is 3.00 bits per heavy atom. The van der Waals surface area contributed by atoms with Crippen LogP contribution < -0.4 is 5.32 Å². The highest BCUT2D eigenvalue weighted by Gasteiger charge is 2.22. The maximum atomic E-state index is 10.6. The van der Waals surface area contributed by atoms with E-state index in [0.717, 1.165) is 29.8 Å². The van der Waals surface area contributed by atoms with Gasteiger partial charge in [-0.05, 0) is 18.9 Å². The highest BCUT2D eigenvalue weighted by molar-refractivity contribution is 5.67. The summed E-state index contributed by atoms with van der Waals surface area (Å²) >= 11 is 0. The zero-order chi connectivity index (χ0) is 9.42. The summed E-state index contributed by atoms with van der Waals surface area (Å²) in [7, 11) is 0. The van der Waals surface area contributed by atoms with Gasteiger partial charge in [0.2, 0.25) is 0 Å². The van der Waals surface area contributed by atoms with E-state index in [-0.39, 0.29) is 10.6 Å². The van der Waals surface area contributed by atoms with Crippen LogP contribution in [0.1, 0.15) is 11.1 Å². The van der Waals surface area contributed by atoms with Crippen LogP contribution in [0.25, 0.3) is 0 Å². The van der Waals surface area contributed by atoms with E-state index in [4.69, 9.17) is 0 Å². The molecule has 0 saturated carbocycles. The van der Waals surface area contributed by atoms with Gasteiger partial charge in [-0.2, -0.15) is 0 Å². The molecule has 0 saturated heterocycles. The zero-order valence-electron chi connectivity index (χ0n) is 7.33. The lowest BCUT2D eigenvalue weighted by Gasteiger charge is -2.03. The molecule has 0 fully saturated rings. The Morgan fingerprint density at radius 2 is 2.31 bits per heavy atom. The molecular formula is C9H10N2O2. The van der Waals surface area contributed by atoms with Crippen molar-refractivity contribution >= 4 is 11.4 Å². The second-order valence-corrected chi connectivity index (χ2v) is 3.19. The predicted molar refractivity (Wildman–Crippen MR) is 50.0 cm³/mol. The Kier molecular flexibility index (Phi) is 1.69. The van der Waals surface area contributed by atoms with Gasteiger partial charge in [0.15, 0.2) is 0 Å². The summed E-state index contributed by atoms with van der Waals surface area (Å²) in [6.07, 6.45) is 0.757. The van der Waals surface area contributed by atoms with Crippen molar-refractivity contribution in [1.82, 2.24) is 0 Å². The van der Waals surface area contributed by atoms with Gasteiger partial charge in [0.1, 0.15) is 0 Å². The van der Waals surface area contributed by atoms with Crippen molar-refractivity contribution in [1.29, 1.82) is 0 Å². The molecule has 1 aromatic rings. The van der Waals surface area contributed by atoms with Crippen LogP contribution >= 0.6 is 0 Å². The molecular weight excluding hydrogens is 168 g/mol. The number of benzene rings is 1. The van der Waals surface area contributed by atoms with Crippen LogP contribution in [0.4, 0.5) is 11.4 Å². The molecule has 0 spiro atoms. The maximum absolute atomic E-state index is 10.6. The van der Waals surface area contributed by atoms with Gasteiger partial charge in [-0.3, -0.25) is 10.1 Å². The van der Waals surface area contributed by atoms with Crippen molar-refractivity contribution in [3.8, 4) is 0 Å². The number of nitrogens with zero attached hydrogens (tertiary/aromatic N) is 1. The summed E-state index contributed by atoms with van der Waals surface area (Å²) in [5.41, 5.74) is 3.13. The molecule has 1 aromatic carbocycles. The van der Waals surface area contributed by atoms with Crippen molar-refractivity contribution < 1.29 is 4.92 Å². The van der Waals surface area contributed by atoms with Crippen LogP contribution in [-0.2, 0) is 6.42 Å². The van der Waals surface area contributed by atoms with Crippen molar-refractivity contribution in [2.75, 3.05) is 11.9 Å². The summed E-state index contributed by atoms with van der Waals surface area (Å²) < 4.78 is 0. The zero-order valence-corrected chi connectivity index (χ0v) is 7.33. The van der Waals surface area contributed by atoms with E-state index < -0.39 is 0 Å². The van der Waals surface area contributed by atoms with Gasteiger partial charge in [-0.1, -0.05) is 6.07 Å². The van der Waals surface area contributed by atoms with E-state index in [1.165, 1.54) is 0 Å². The summed E-state index contributed by atoms with van der Waals surface area (Å²) in [6, 6.07) is 3.37. The number of rotatable bonds is 1. The maximum Gasteiger partial charge on any atom is 0.274 e. The number of hydrogen-bond acceptors (Lipinski definition) is 3. The molecule has 0 bridgehead atoms. The lowest BCUT2D eigenvalue weighted by atomic mass is 10.1. The molecule has 4 heteroatoms. The second kappa shape index (κ2) is 2.73. The van der Waals surface area contributed by atoms with Crippen LogP contribution in [0.5, 0.6) is 0 Å². The fourth-order valence-electron chi connectivity index (χ4n) is 1.74. The summed E-state index contributed by atoms with van der Waals surface area (Å²) in [5, 5.41) is 13.8. The minimum Gasteiger partial charge on any atom is -0.384 e. The first-order valence-electron chi connectivity index (χ1n) is 4.21. The number of nitro benzene ring substituents is 1. The van der Waals surface area contributed by atoms with Crippen LogP contribution in [-0.4, -0.2) is 11.5 Å².